The molecule has 0 unspecified atom stereocenters. The maximum absolute atomic E-state index is 10.5. The topological polar surface area (TPSA) is 83.8 Å². The highest BCUT2D eigenvalue weighted by Gasteiger charge is 2.13. The Kier molecular flexibility index (Phi) is 3.76. The van der Waals surface area contributed by atoms with E-state index < -0.39 is 0 Å². The number of nitrogens with one attached hydrogen (secondary N) is 1. The molecule has 3 aromatic rings. The Labute approximate surface area is 131 Å². The Morgan fingerprint density at radius 3 is 2.50 bits per heavy atom. The third-order valence-electron chi connectivity index (χ3n) is 3.11. The molecule has 0 spiro atoms. The lowest BCUT2D eigenvalue weighted by atomic mass is 10.1. The summed E-state index contributed by atoms with van der Waals surface area (Å²) in [6.45, 7) is 0. The Balaban J connectivity index is 2.34. The van der Waals surface area contributed by atoms with Crippen LogP contribution in [-0.2, 0) is 0 Å². The van der Waals surface area contributed by atoms with Crippen molar-refractivity contribution in [2.45, 2.75) is 0 Å². The normalized spacial score (nSPS) is 11.5. The highest BCUT2D eigenvalue weighted by Crippen LogP contribution is 2.29. The molecular weight excluding hydrogens is 298 g/mol. The van der Waals surface area contributed by atoms with Crippen molar-refractivity contribution in [2.75, 3.05) is 0 Å². The largest absolute Gasteiger partial charge is 0.503 e. The summed E-state index contributed by atoms with van der Waals surface area (Å²) in [7, 11) is 0. The molecule has 0 bridgehead atoms. The zero-order valence-corrected chi connectivity index (χ0v) is 12.3. The van der Waals surface area contributed by atoms with Gasteiger partial charge in [-0.25, -0.2) is 0 Å². The number of nitrogens with two attached hydrogens (primary N) is 1. The molecule has 1 aromatic heterocycles. The molecule has 0 fully saturated rings. The summed E-state index contributed by atoms with van der Waals surface area (Å²) in [5.41, 5.74) is 9.26. The fraction of sp³-hybridized carbons (Fsp3) is 0. The standard InChI is InChI=1S/C16H13N3O2S/c17-16(22)19-18-13-11-8-4-5-9-12(11)21-15(14(13)20)10-6-2-1-3-7-10/h1-9,20H,(H3,17,19,22)/b18-13-. The van der Waals surface area contributed by atoms with Gasteiger partial charge in [0.2, 0.25) is 0 Å². The molecule has 110 valence electrons. The number of benzene rings is 2. The number of thiocarbonyl (C=S) groups is 1. The van der Waals surface area contributed by atoms with Gasteiger partial charge in [0.15, 0.2) is 16.6 Å². The second-order valence-corrected chi connectivity index (χ2v) is 5.02. The van der Waals surface area contributed by atoms with Crippen molar-refractivity contribution >= 4 is 28.3 Å². The van der Waals surface area contributed by atoms with E-state index in [0.717, 1.165) is 5.56 Å². The van der Waals surface area contributed by atoms with E-state index in [1.165, 1.54) is 0 Å². The summed E-state index contributed by atoms with van der Waals surface area (Å²) in [4.78, 5) is 0. The van der Waals surface area contributed by atoms with Gasteiger partial charge in [-0.1, -0.05) is 42.5 Å². The van der Waals surface area contributed by atoms with E-state index in [1.54, 1.807) is 12.1 Å². The molecule has 0 aliphatic heterocycles. The van der Waals surface area contributed by atoms with Crippen LogP contribution in [0.2, 0.25) is 0 Å². The molecule has 0 radical (unpaired) electrons. The average Bonchev–Trinajstić information content (AvgIpc) is 2.54. The van der Waals surface area contributed by atoms with E-state index >= 15 is 0 Å². The SMILES string of the molecule is NC(=S)N/N=c1\c(O)c(-c2ccccc2)oc2ccccc12. The van der Waals surface area contributed by atoms with Crippen LogP contribution in [0.15, 0.2) is 64.1 Å². The monoisotopic (exact) mass is 311 g/mol. The molecule has 0 atom stereocenters. The summed E-state index contributed by atoms with van der Waals surface area (Å²) in [5.74, 6) is 0.261. The zero-order chi connectivity index (χ0) is 15.5. The maximum atomic E-state index is 10.5. The number of hydrogen-bond acceptors (Lipinski definition) is 4. The van der Waals surface area contributed by atoms with Gasteiger partial charge in [-0.15, -0.1) is 0 Å². The van der Waals surface area contributed by atoms with E-state index in [4.69, 9.17) is 22.4 Å². The molecule has 0 saturated carbocycles. The predicted octanol–water partition coefficient (Wildman–Crippen LogP) is 2.45. The predicted molar refractivity (Wildman–Crippen MR) is 88.8 cm³/mol. The fourth-order valence-corrected chi connectivity index (χ4v) is 2.20. The van der Waals surface area contributed by atoms with E-state index in [9.17, 15) is 5.11 Å². The molecule has 5 nitrogen and oxygen atoms in total. The van der Waals surface area contributed by atoms with Crippen molar-refractivity contribution in [2.24, 2.45) is 10.8 Å². The minimum Gasteiger partial charge on any atom is -0.503 e. The first-order valence-corrected chi connectivity index (χ1v) is 6.97. The van der Waals surface area contributed by atoms with Gasteiger partial charge in [-0.3, -0.25) is 5.43 Å². The molecule has 2 aromatic carbocycles. The van der Waals surface area contributed by atoms with Crippen LogP contribution in [0.4, 0.5) is 0 Å². The second kappa shape index (κ2) is 5.87. The average molecular weight is 311 g/mol. The first-order chi connectivity index (χ1) is 10.7. The third-order valence-corrected chi connectivity index (χ3v) is 3.20. The van der Waals surface area contributed by atoms with Crippen LogP contribution in [0.3, 0.4) is 0 Å². The van der Waals surface area contributed by atoms with Crippen molar-refractivity contribution in [3.8, 4) is 17.1 Å². The summed E-state index contributed by atoms with van der Waals surface area (Å²) >= 11 is 4.75. The van der Waals surface area contributed by atoms with Crippen molar-refractivity contribution in [3.05, 3.63) is 60.0 Å². The summed E-state index contributed by atoms with van der Waals surface area (Å²) < 4.78 is 5.82. The van der Waals surface area contributed by atoms with Crippen LogP contribution < -0.4 is 16.5 Å². The number of nitrogens with zero attached hydrogens (tertiary/aromatic N) is 1. The Hall–Kier alpha value is -2.86. The van der Waals surface area contributed by atoms with Crippen LogP contribution in [0.25, 0.3) is 22.3 Å². The van der Waals surface area contributed by atoms with Gasteiger partial charge in [-0.05, 0) is 24.4 Å². The molecule has 1 heterocycles. The number of hydrogen-bond donors (Lipinski definition) is 3. The van der Waals surface area contributed by atoms with E-state index in [2.05, 4.69) is 10.5 Å². The molecule has 0 saturated heterocycles. The van der Waals surface area contributed by atoms with Gasteiger partial charge in [0.25, 0.3) is 0 Å². The smallest absolute Gasteiger partial charge is 0.187 e. The van der Waals surface area contributed by atoms with Crippen molar-refractivity contribution in [3.63, 3.8) is 0 Å². The summed E-state index contributed by atoms with van der Waals surface area (Å²) in [5, 5.41) is 15.6. The van der Waals surface area contributed by atoms with Crippen molar-refractivity contribution in [1.82, 2.24) is 5.43 Å². The van der Waals surface area contributed by atoms with Gasteiger partial charge >= 0.3 is 0 Å². The molecule has 4 N–H and O–H groups in total. The highest BCUT2D eigenvalue weighted by atomic mass is 32.1. The summed E-state index contributed by atoms with van der Waals surface area (Å²) in [6, 6.07) is 16.6. The van der Waals surface area contributed by atoms with Crippen LogP contribution >= 0.6 is 12.2 Å². The van der Waals surface area contributed by atoms with E-state index in [-0.39, 0.29) is 10.9 Å². The zero-order valence-electron chi connectivity index (χ0n) is 11.5. The van der Waals surface area contributed by atoms with Gasteiger partial charge in [0.1, 0.15) is 10.9 Å². The number of aromatic hydroxyl groups is 1. The quantitative estimate of drug-likeness (QED) is 0.500. The summed E-state index contributed by atoms with van der Waals surface area (Å²) in [6.07, 6.45) is 0. The van der Waals surface area contributed by atoms with E-state index in [1.807, 2.05) is 42.5 Å². The van der Waals surface area contributed by atoms with Crippen LogP contribution in [0.5, 0.6) is 5.75 Å². The van der Waals surface area contributed by atoms with Gasteiger partial charge in [-0.2, -0.15) is 5.10 Å². The highest BCUT2D eigenvalue weighted by molar-refractivity contribution is 7.80. The lowest BCUT2D eigenvalue weighted by molar-refractivity contribution is 0.446. The fourth-order valence-electron chi connectivity index (χ4n) is 2.15. The maximum Gasteiger partial charge on any atom is 0.187 e. The van der Waals surface area contributed by atoms with Crippen LogP contribution in [0.1, 0.15) is 0 Å². The Morgan fingerprint density at radius 2 is 1.77 bits per heavy atom. The molecule has 22 heavy (non-hydrogen) atoms. The molecular formula is C16H13N3O2S. The minimum absolute atomic E-state index is 0.0190. The molecule has 3 rings (SSSR count). The lowest BCUT2D eigenvalue weighted by Crippen LogP contribution is -2.26. The molecule has 0 aliphatic rings. The van der Waals surface area contributed by atoms with Gasteiger partial charge < -0.3 is 15.3 Å². The second-order valence-electron chi connectivity index (χ2n) is 4.58. The lowest BCUT2D eigenvalue weighted by Gasteiger charge is -2.08. The van der Waals surface area contributed by atoms with Crippen LogP contribution in [0, 0.1) is 0 Å². The van der Waals surface area contributed by atoms with Crippen molar-refractivity contribution < 1.29 is 9.52 Å². The van der Waals surface area contributed by atoms with Crippen LogP contribution in [-0.4, -0.2) is 10.2 Å². The number of para-hydroxylation sites is 1. The van der Waals surface area contributed by atoms with Gasteiger partial charge in [0, 0.05) is 10.9 Å². The van der Waals surface area contributed by atoms with Gasteiger partial charge in [0.05, 0.1) is 0 Å². The first kappa shape index (κ1) is 14.1. The Bertz CT molecular complexity index is 904. The van der Waals surface area contributed by atoms with Crippen molar-refractivity contribution in [1.29, 1.82) is 0 Å². The Morgan fingerprint density at radius 1 is 1.09 bits per heavy atom. The molecule has 0 amide bonds. The molecule has 0 aliphatic carbocycles. The third kappa shape index (κ3) is 2.64. The van der Waals surface area contributed by atoms with E-state index in [0.29, 0.717) is 22.1 Å². The first-order valence-electron chi connectivity index (χ1n) is 6.56. The number of rotatable bonds is 2. The number of fused-ring (bicyclic) bond motifs is 1. The minimum atomic E-state index is -0.0753. The molecule has 6 heteroatoms.